The van der Waals surface area contributed by atoms with Crippen molar-refractivity contribution in [2.24, 2.45) is 0 Å². The summed E-state index contributed by atoms with van der Waals surface area (Å²) >= 11 is 15.8. The van der Waals surface area contributed by atoms with Gasteiger partial charge in [-0.15, -0.1) is 0 Å². The van der Waals surface area contributed by atoms with E-state index in [1.54, 1.807) is 36.4 Å². The number of benzene rings is 2. The molecule has 32 heavy (non-hydrogen) atoms. The minimum absolute atomic E-state index is 0.0307. The Morgan fingerprint density at radius 3 is 2.62 bits per heavy atom. The topological polar surface area (TPSA) is 67.9 Å². The molecule has 1 aliphatic heterocycles. The van der Waals surface area contributed by atoms with Gasteiger partial charge in [0.2, 0.25) is 0 Å². The summed E-state index contributed by atoms with van der Waals surface area (Å²) in [4.78, 5) is 25.8. The standard InChI is InChI=1S/C22H20BrClN2O4S2/c1-4-29-17-10-13(9-16(23)19(17)30-12(2)3)11-18-21(28)26(22(31)32-18)25-20(27)14-5-7-15(24)8-6-14/h5-12H,4H2,1-3H3,(H,25,27)/b18-11-. The lowest BCUT2D eigenvalue weighted by atomic mass is 10.2. The van der Waals surface area contributed by atoms with Crippen LogP contribution in [0.4, 0.5) is 0 Å². The molecule has 1 fully saturated rings. The Hall–Kier alpha value is -2.07. The number of hydrazine groups is 1. The predicted molar refractivity (Wildman–Crippen MR) is 135 cm³/mol. The monoisotopic (exact) mass is 554 g/mol. The van der Waals surface area contributed by atoms with Crippen LogP contribution in [0.15, 0.2) is 45.8 Å². The molecule has 2 aromatic carbocycles. The number of nitrogens with zero attached hydrogens (tertiary/aromatic N) is 1. The summed E-state index contributed by atoms with van der Waals surface area (Å²) < 4.78 is 12.5. The van der Waals surface area contributed by atoms with Crippen LogP contribution in [0.2, 0.25) is 5.02 Å². The van der Waals surface area contributed by atoms with E-state index in [4.69, 9.17) is 33.3 Å². The Kier molecular flexibility index (Phi) is 8.21. The van der Waals surface area contributed by atoms with Gasteiger partial charge >= 0.3 is 0 Å². The highest BCUT2D eigenvalue weighted by Gasteiger charge is 2.34. The molecule has 3 rings (SSSR count). The first-order valence-electron chi connectivity index (χ1n) is 9.67. The average Bonchev–Trinajstić information content (AvgIpc) is 2.98. The second-order valence-corrected chi connectivity index (χ2v) is 9.86. The third-order valence-electron chi connectivity index (χ3n) is 4.10. The molecule has 0 aromatic heterocycles. The van der Waals surface area contributed by atoms with E-state index in [2.05, 4.69) is 21.4 Å². The minimum Gasteiger partial charge on any atom is -0.490 e. The molecule has 2 amide bonds. The first-order valence-corrected chi connectivity index (χ1v) is 12.1. The number of carbonyl (C=O) groups excluding carboxylic acids is 2. The van der Waals surface area contributed by atoms with Crippen molar-refractivity contribution in [1.29, 1.82) is 0 Å². The molecule has 0 atom stereocenters. The zero-order chi connectivity index (χ0) is 23.4. The van der Waals surface area contributed by atoms with E-state index in [0.717, 1.165) is 22.3 Å². The highest BCUT2D eigenvalue weighted by Crippen LogP contribution is 2.39. The highest BCUT2D eigenvalue weighted by atomic mass is 79.9. The molecular formula is C22H20BrClN2O4S2. The highest BCUT2D eigenvalue weighted by molar-refractivity contribution is 9.10. The van der Waals surface area contributed by atoms with Crippen molar-refractivity contribution < 1.29 is 19.1 Å². The summed E-state index contributed by atoms with van der Waals surface area (Å²) in [6, 6.07) is 9.96. The Morgan fingerprint density at radius 1 is 1.31 bits per heavy atom. The molecule has 0 saturated carbocycles. The fraction of sp³-hybridized carbons (Fsp3) is 0.227. The van der Waals surface area contributed by atoms with E-state index in [1.807, 2.05) is 26.8 Å². The van der Waals surface area contributed by atoms with Crippen LogP contribution in [0.25, 0.3) is 6.08 Å². The molecule has 0 radical (unpaired) electrons. The zero-order valence-electron chi connectivity index (χ0n) is 17.5. The van der Waals surface area contributed by atoms with E-state index in [9.17, 15) is 9.59 Å². The number of hydrogen-bond acceptors (Lipinski definition) is 6. The molecule has 1 heterocycles. The molecule has 168 valence electrons. The Bertz CT molecular complexity index is 1090. The molecule has 0 spiro atoms. The number of rotatable bonds is 7. The average molecular weight is 556 g/mol. The molecule has 10 heteroatoms. The number of hydrogen-bond donors (Lipinski definition) is 1. The Labute approximate surface area is 209 Å². The molecule has 0 aliphatic carbocycles. The number of amides is 2. The third-order valence-corrected chi connectivity index (χ3v) is 6.24. The van der Waals surface area contributed by atoms with Gasteiger partial charge in [0.25, 0.3) is 11.8 Å². The molecule has 6 nitrogen and oxygen atoms in total. The van der Waals surface area contributed by atoms with Crippen LogP contribution in [0.1, 0.15) is 36.7 Å². The number of nitrogens with one attached hydrogen (secondary N) is 1. The van der Waals surface area contributed by atoms with Crippen molar-refractivity contribution in [1.82, 2.24) is 10.4 Å². The summed E-state index contributed by atoms with van der Waals surface area (Å²) in [5.74, 6) is 0.282. The minimum atomic E-state index is -0.462. The molecule has 0 bridgehead atoms. The van der Waals surface area contributed by atoms with Gasteiger partial charge < -0.3 is 9.47 Å². The lowest BCUT2D eigenvalue weighted by molar-refractivity contribution is -0.123. The fourth-order valence-electron chi connectivity index (χ4n) is 2.77. The molecule has 1 N–H and O–H groups in total. The van der Waals surface area contributed by atoms with E-state index in [1.165, 1.54) is 0 Å². The van der Waals surface area contributed by atoms with Crippen LogP contribution in [-0.2, 0) is 4.79 Å². The van der Waals surface area contributed by atoms with Gasteiger partial charge in [0, 0.05) is 10.6 Å². The maximum atomic E-state index is 12.9. The second-order valence-electron chi connectivity index (χ2n) is 6.89. The quantitative estimate of drug-likeness (QED) is 0.342. The number of ether oxygens (including phenoxy) is 2. The molecule has 1 saturated heterocycles. The van der Waals surface area contributed by atoms with E-state index >= 15 is 0 Å². The van der Waals surface area contributed by atoms with Crippen molar-refractivity contribution >= 4 is 73.7 Å². The van der Waals surface area contributed by atoms with Gasteiger partial charge in [0.1, 0.15) is 0 Å². The number of thioether (sulfide) groups is 1. The summed E-state index contributed by atoms with van der Waals surface area (Å²) in [6.45, 7) is 6.21. The Morgan fingerprint density at radius 2 is 2.00 bits per heavy atom. The van der Waals surface area contributed by atoms with Gasteiger partial charge in [-0.05, 0) is 97.0 Å². The van der Waals surface area contributed by atoms with Gasteiger partial charge in [-0.2, -0.15) is 5.01 Å². The third kappa shape index (κ3) is 5.83. The van der Waals surface area contributed by atoms with Crippen molar-refractivity contribution in [3.8, 4) is 11.5 Å². The van der Waals surface area contributed by atoms with Gasteiger partial charge in [-0.1, -0.05) is 23.4 Å². The van der Waals surface area contributed by atoms with E-state index in [-0.39, 0.29) is 10.4 Å². The first-order chi connectivity index (χ1) is 15.2. The fourth-order valence-corrected chi connectivity index (χ4v) is 4.63. The number of carbonyl (C=O) groups is 2. The molecule has 2 aromatic rings. The van der Waals surface area contributed by atoms with Crippen molar-refractivity contribution in [2.45, 2.75) is 26.9 Å². The smallest absolute Gasteiger partial charge is 0.285 e. The number of thiocarbonyl (C=S) groups is 1. The van der Waals surface area contributed by atoms with E-state index in [0.29, 0.717) is 38.1 Å². The number of halogens is 2. The van der Waals surface area contributed by atoms with Crippen LogP contribution < -0.4 is 14.9 Å². The maximum absolute atomic E-state index is 12.9. The first kappa shape index (κ1) is 24.6. The lowest BCUT2D eigenvalue weighted by Crippen LogP contribution is -2.44. The van der Waals surface area contributed by atoms with Crippen molar-refractivity contribution in [3.63, 3.8) is 0 Å². The van der Waals surface area contributed by atoms with Crippen molar-refractivity contribution in [2.75, 3.05) is 6.61 Å². The van der Waals surface area contributed by atoms with Crippen LogP contribution in [0, 0.1) is 0 Å². The molecular weight excluding hydrogens is 536 g/mol. The second kappa shape index (κ2) is 10.7. The summed E-state index contributed by atoms with van der Waals surface area (Å²) in [7, 11) is 0. The SMILES string of the molecule is CCOc1cc(/C=C2\SC(=S)N(NC(=O)c3ccc(Cl)cc3)C2=O)cc(Br)c1OC(C)C. The zero-order valence-corrected chi connectivity index (χ0v) is 21.5. The van der Waals surface area contributed by atoms with Crippen molar-refractivity contribution in [3.05, 3.63) is 61.9 Å². The predicted octanol–water partition coefficient (Wildman–Crippen LogP) is 5.83. The van der Waals surface area contributed by atoms with Crippen LogP contribution in [-0.4, -0.2) is 33.9 Å². The van der Waals surface area contributed by atoms with Crippen LogP contribution in [0.5, 0.6) is 11.5 Å². The van der Waals surface area contributed by atoms with Gasteiger partial charge in [-0.25, -0.2) is 0 Å². The van der Waals surface area contributed by atoms with Gasteiger partial charge in [0.05, 0.1) is 22.1 Å². The summed E-state index contributed by atoms with van der Waals surface area (Å²) in [5, 5.41) is 1.58. The van der Waals surface area contributed by atoms with Crippen LogP contribution in [0.3, 0.4) is 0 Å². The maximum Gasteiger partial charge on any atom is 0.285 e. The van der Waals surface area contributed by atoms with E-state index < -0.39 is 11.8 Å². The van der Waals surface area contributed by atoms with Gasteiger partial charge in [0.15, 0.2) is 15.8 Å². The molecule has 0 unspecified atom stereocenters. The Balaban J connectivity index is 1.83. The normalized spacial score (nSPS) is 14.9. The summed E-state index contributed by atoms with van der Waals surface area (Å²) in [5.41, 5.74) is 3.63. The summed E-state index contributed by atoms with van der Waals surface area (Å²) in [6.07, 6.45) is 1.66. The largest absolute Gasteiger partial charge is 0.490 e. The van der Waals surface area contributed by atoms with Crippen LogP contribution >= 0.6 is 51.5 Å². The molecule has 1 aliphatic rings. The van der Waals surface area contributed by atoms with Gasteiger partial charge in [-0.3, -0.25) is 15.0 Å². The lowest BCUT2D eigenvalue weighted by Gasteiger charge is -2.17.